The van der Waals surface area contributed by atoms with Gasteiger partial charge in [0.05, 0.1) is 0 Å². The normalized spacial score (nSPS) is 23.1. The Morgan fingerprint density at radius 3 is 2.67 bits per heavy atom. The minimum atomic E-state index is -0.471. The summed E-state index contributed by atoms with van der Waals surface area (Å²) in [7, 11) is 1.77. The second-order valence-corrected chi connectivity index (χ2v) is 6.28. The molecule has 1 fully saturated rings. The van der Waals surface area contributed by atoms with E-state index in [2.05, 4.69) is 27.7 Å². The number of amidine groups is 1. The predicted molar refractivity (Wildman–Crippen MR) is 84.9 cm³/mol. The van der Waals surface area contributed by atoms with Gasteiger partial charge in [0, 0.05) is 19.0 Å². The Morgan fingerprint density at radius 1 is 1.38 bits per heavy atom. The van der Waals surface area contributed by atoms with Crippen LogP contribution in [0.1, 0.15) is 46.5 Å². The van der Waals surface area contributed by atoms with Gasteiger partial charge >= 0.3 is 6.09 Å². The lowest BCUT2D eigenvalue weighted by atomic mass is 9.85. The number of carbonyl (C=O) groups excluding carboxylic acids is 1. The van der Waals surface area contributed by atoms with Crippen molar-refractivity contribution in [2.24, 2.45) is 11.0 Å². The van der Waals surface area contributed by atoms with Crippen molar-refractivity contribution >= 4 is 11.9 Å². The summed E-state index contributed by atoms with van der Waals surface area (Å²) in [6.45, 7) is 9.26. The molecule has 0 aliphatic heterocycles. The number of hydrogen-bond acceptors (Lipinski definition) is 4. The van der Waals surface area contributed by atoms with Gasteiger partial charge in [0.15, 0.2) is 0 Å². The number of amides is 1. The Hall–Kier alpha value is -1.72. The minimum absolute atomic E-state index is 0.118. The summed E-state index contributed by atoms with van der Waals surface area (Å²) in [5.74, 6) is 1.15. The molecule has 1 saturated carbocycles. The van der Waals surface area contributed by atoms with Crippen molar-refractivity contribution < 1.29 is 9.53 Å². The molecule has 120 valence electrons. The molecule has 21 heavy (non-hydrogen) atoms. The molecule has 0 unspecified atom stereocenters. The van der Waals surface area contributed by atoms with Crippen LogP contribution >= 0.6 is 0 Å². The lowest BCUT2D eigenvalue weighted by Crippen LogP contribution is -2.44. The molecule has 1 aliphatic rings. The van der Waals surface area contributed by atoms with Crippen LogP contribution < -0.4 is 16.1 Å². The van der Waals surface area contributed by atoms with Gasteiger partial charge in [-0.05, 0) is 46.2 Å². The maximum Gasteiger partial charge on any atom is 0.407 e. The lowest BCUT2D eigenvalue weighted by molar-refractivity contribution is 0.0489. The van der Waals surface area contributed by atoms with E-state index in [1.54, 1.807) is 13.2 Å². The van der Waals surface area contributed by atoms with Crippen LogP contribution in [0, 0.1) is 5.92 Å². The van der Waals surface area contributed by atoms with E-state index in [0.29, 0.717) is 0 Å². The zero-order valence-corrected chi connectivity index (χ0v) is 13.5. The number of rotatable bonds is 4. The SMILES string of the molecule is C=CN/C(=N\NC)[C@H]1CCC[C@@H](NC(=O)OC(C)(C)C)C1. The highest BCUT2D eigenvalue weighted by Gasteiger charge is 2.28. The molecular weight excluding hydrogens is 268 g/mol. The highest BCUT2D eigenvalue weighted by atomic mass is 16.6. The Kier molecular flexibility index (Phi) is 6.52. The van der Waals surface area contributed by atoms with Crippen molar-refractivity contribution in [2.45, 2.75) is 58.1 Å². The van der Waals surface area contributed by atoms with Crippen molar-refractivity contribution in [1.82, 2.24) is 16.1 Å². The van der Waals surface area contributed by atoms with E-state index >= 15 is 0 Å². The van der Waals surface area contributed by atoms with Crippen LogP contribution in [0.2, 0.25) is 0 Å². The third kappa shape index (κ3) is 6.51. The third-order valence-electron chi connectivity index (χ3n) is 3.26. The number of carbonyl (C=O) groups is 1. The van der Waals surface area contributed by atoms with E-state index < -0.39 is 5.60 Å². The van der Waals surface area contributed by atoms with Gasteiger partial charge in [-0.25, -0.2) is 4.79 Å². The number of ether oxygens (including phenoxy) is 1. The van der Waals surface area contributed by atoms with Crippen molar-refractivity contribution in [2.75, 3.05) is 7.05 Å². The standard InChI is InChI=1S/C15H28N4O2/c1-6-17-13(19-16-5)11-8-7-9-12(10-11)18-14(20)21-15(2,3)4/h6,11-12,16H,1,7-10H2,2-5H3,(H,17,19)(H,18,20)/t11-,12+/m0/s1. The molecule has 0 radical (unpaired) electrons. The Labute approximate surface area is 127 Å². The van der Waals surface area contributed by atoms with Crippen LogP contribution in [0.4, 0.5) is 4.79 Å². The fraction of sp³-hybridized carbons (Fsp3) is 0.733. The fourth-order valence-electron chi connectivity index (χ4n) is 2.51. The van der Waals surface area contributed by atoms with Gasteiger partial charge in [0.1, 0.15) is 11.4 Å². The fourth-order valence-corrected chi connectivity index (χ4v) is 2.51. The maximum atomic E-state index is 11.8. The quantitative estimate of drug-likeness (QED) is 0.423. The zero-order chi connectivity index (χ0) is 15.9. The summed E-state index contributed by atoms with van der Waals surface area (Å²) in [6.07, 6.45) is 5.19. The van der Waals surface area contributed by atoms with Gasteiger partial charge in [-0.1, -0.05) is 13.0 Å². The van der Waals surface area contributed by atoms with Gasteiger partial charge < -0.3 is 20.8 Å². The summed E-state index contributed by atoms with van der Waals surface area (Å²) in [4.78, 5) is 11.8. The molecule has 0 aromatic heterocycles. The van der Waals surface area contributed by atoms with E-state index in [0.717, 1.165) is 31.5 Å². The highest BCUT2D eigenvalue weighted by molar-refractivity contribution is 5.85. The Balaban J connectivity index is 2.57. The van der Waals surface area contributed by atoms with Crippen molar-refractivity contribution in [3.05, 3.63) is 12.8 Å². The second kappa shape index (κ2) is 7.90. The molecule has 3 N–H and O–H groups in total. The molecule has 0 saturated heterocycles. The molecular formula is C15H28N4O2. The molecule has 6 heteroatoms. The van der Waals surface area contributed by atoms with Crippen molar-refractivity contribution in [3.63, 3.8) is 0 Å². The van der Waals surface area contributed by atoms with Gasteiger partial charge in [0.2, 0.25) is 0 Å². The largest absolute Gasteiger partial charge is 0.444 e. The minimum Gasteiger partial charge on any atom is -0.444 e. The van der Waals surface area contributed by atoms with Crippen LogP contribution in [0.25, 0.3) is 0 Å². The maximum absolute atomic E-state index is 11.8. The van der Waals surface area contributed by atoms with Gasteiger partial charge in [-0.3, -0.25) is 0 Å². The van der Waals surface area contributed by atoms with E-state index in [-0.39, 0.29) is 18.1 Å². The first-order valence-corrected chi connectivity index (χ1v) is 7.47. The topological polar surface area (TPSA) is 74.8 Å². The summed E-state index contributed by atoms with van der Waals surface area (Å²) in [5.41, 5.74) is 2.33. The van der Waals surface area contributed by atoms with Crippen LogP contribution in [0.5, 0.6) is 0 Å². The molecule has 0 aromatic rings. The summed E-state index contributed by atoms with van der Waals surface area (Å²) >= 11 is 0. The first kappa shape index (κ1) is 17.3. The second-order valence-electron chi connectivity index (χ2n) is 6.28. The molecule has 1 aliphatic carbocycles. The first-order valence-electron chi connectivity index (χ1n) is 7.47. The molecule has 0 aromatic carbocycles. The molecule has 0 spiro atoms. The molecule has 6 nitrogen and oxygen atoms in total. The van der Waals surface area contributed by atoms with Crippen LogP contribution in [0.3, 0.4) is 0 Å². The third-order valence-corrected chi connectivity index (χ3v) is 3.26. The molecule has 0 bridgehead atoms. The monoisotopic (exact) mass is 296 g/mol. The van der Waals surface area contributed by atoms with Crippen LogP contribution in [-0.2, 0) is 4.74 Å². The molecule has 1 amide bonds. The summed E-state index contributed by atoms with van der Waals surface area (Å²) in [6, 6.07) is 0.118. The van der Waals surface area contributed by atoms with Crippen LogP contribution in [0.15, 0.2) is 17.9 Å². The molecule has 1 rings (SSSR count). The van der Waals surface area contributed by atoms with E-state index in [4.69, 9.17) is 4.74 Å². The number of nitrogens with one attached hydrogen (secondary N) is 3. The number of nitrogens with zero attached hydrogens (tertiary/aromatic N) is 1. The van der Waals surface area contributed by atoms with E-state index in [1.807, 2.05) is 20.8 Å². The highest BCUT2D eigenvalue weighted by Crippen LogP contribution is 2.25. The number of alkyl carbamates (subject to hydrolysis) is 1. The number of hydrazone groups is 1. The molecule has 0 heterocycles. The van der Waals surface area contributed by atoms with E-state index in [9.17, 15) is 4.79 Å². The predicted octanol–water partition coefficient (Wildman–Crippen LogP) is 2.34. The smallest absolute Gasteiger partial charge is 0.407 e. The van der Waals surface area contributed by atoms with E-state index in [1.165, 1.54) is 0 Å². The Bertz CT molecular complexity index is 388. The van der Waals surface area contributed by atoms with Gasteiger partial charge in [0.25, 0.3) is 0 Å². The Morgan fingerprint density at radius 2 is 2.10 bits per heavy atom. The zero-order valence-electron chi connectivity index (χ0n) is 13.5. The summed E-state index contributed by atoms with van der Waals surface area (Å²) in [5, 5.41) is 10.3. The average molecular weight is 296 g/mol. The summed E-state index contributed by atoms with van der Waals surface area (Å²) < 4.78 is 5.31. The van der Waals surface area contributed by atoms with Gasteiger partial charge in [-0.2, -0.15) is 5.10 Å². The van der Waals surface area contributed by atoms with Gasteiger partial charge in [-0.15, -0.1) is 0 Å². The lowest BCUT2D eigenvalue weighted by Gasteiger charge is -2.31. The number of hydrogen-bond donors (Lipinski definition) is 3. The average Bonchev–Trinajstić information content (AvgIpc) is 2.36. The van der Waals surface area contributed by atoms with Crippen molar-refractivity contribution in [1.29, 1.82) is 0 Å². The van der Waals surface area contributed by atoms with Crippen molar-refractivity contribution in [3.8, 4) is 0 Å². The first-order chi connectivity index (χ1) is 9.85. The molecule has 2 atom stereocenters. The van der Waals surface area contributed by atoms with Crippen LogP contribution in [-0.4, -0.2) is 30.6 Å².